The monoisotopic (exact) mass is 390 g/mol. The van der Waals surface area contributed by atoms with Gasteiger partial charge in [-0.3, -0.25) is 0 Å². The lowest BCUT2D eigenvalue weighted by atomic mass is 10.3. The van der Waals surface area contributed by atoms with Crippen molar-refractivity contribution in [2.24, 2.45) is 0 Å². The second-order valence-electron chi connectivity index (χ2n) is 1.97. The highest BCUT2D eigenvalue weighted by Crippen LogP contribution is 2.23. The van der Waals surface area contributed by atoms with Crippen LogP contribution in [0.2, 0.25) is 0 Å². The molecule has 0 bridgehead atoms. The number of benzene rings is 1. The highest BCUT2D eigenvalue weighted by Gasteiger charge is 2.07. The molecule has 4 nitrogen and oxygen atoms in total. The molecule has 1 aromatic carbocycles. The molecule has 0 atom stereocenters. The van der Waals surface area contributed by atoms with Crippen molar-refractivity contribution in [3.05, 3.63) is 35.5 Å². The van der Waals surface area contributed by atoms with Gasteiger partial charge in [-0.2, -0.15) is 0 Å². The smallest absolute Gasteiger partial charge is 0.162 e. The Hall–Kier alpha value is -0.120. The van der Waals surface area contributed by atoms with Crippen molar-refractivity contribution in [1.29, 1.82) is 0 Å². The summed E-state index contributed by atoms with van der Waals surface area (Å²) < 4.78 is 1.69. The van der Waals surface area contributed by atoms with Gasteiger partial charge in [-0.25, -0.2) is 10.1 Å². The lowest BCUT2D eigenvalue weighted by molar-refractivity contribution is -0.445. The van der Waals surface area contributed by atoms with Crippen LogP contribution in [-0.4, -0.2) is 5.03 Å². The number of para-hydroxylation sites is 1. The van der Waals surface area contributed by atoms with Gasteiger partial charge < -0.3 is 0 Å². The van der Waals surface area contributed by atoms with Crippen LogP contribution < -0.4 is 5.43 Å². The molecule has 0 unspecified atom stereocenters. The fraction of sp³-hybridized carbons (Fsp3) is 0. The van der Waals surface area contributed by atoms with Crippen LogP contribution in [-0.2, 0) is 0 Å². The summed E-state index contributed by atoms with van der Waals surface area (Å²) in [4.78, 5) is 10.2. The number of halogens is 2. The predicted molar refractivity (Wildman–Crippen MR) is 62.5 cm³/mol. The van der Waals surface area contributed by atoms with E-state index in [-0.39, 0.29) is 0 Å². The second kappa shape index (κ2) is 4.21. The van der Waals surface area contributed by atoms with Gasteiger partial charge in [0.05, 0.1) is 0 Å². The van der Waals surface area contributed by atoms with E-state index in [1.54, 1.807) is 0 Å². The lowest BCUT2D eigenvalue weighted by Crippen LogP contribution is -2.10. The van der Waals surface area contributed by atoms with Crippen LogP contribution in [0.15, 0.2) is 18.2 Å². The van der Waals surface area contributed by atoms with E-state index in [1.165, 1.54) is 0 Å². The van der Waals surface area contributed by atoms with Gasteiger partial charge in [0, 0.05) is 7.14 Å². The van der Waals surface area contributed by atoms with Crippen molar-refractivity contribution in [2.45, 2.75) is 0 Å². The fourth-order valence-electron chi connectivity index (χ4n) is 0.696. The maximum atomic E-state index is 10.2. The van der Waals surface area contributed by atoms with Crippen LogP contribution in [0, 0.1) is 17.3 Å². The second-order valence-corrected chi connectivity index (χ2v) is 4.29. The Kier molecular flexibility index (Phi) is 3.50. The van der Waals surface area contributed by atoms with E-state index in [0.717, 1.165) is 7.14 Å². The highest BCUT2D eigenvalue weighted by atomic mass is 127. The summed E-state index contributed by atoms with van der Waals surface area (Å²) in [7, 11) is 0. The Balaban J connectivity index is 3.04. The third kappa shape index (κ3) is 2.44. The molecule has 0 saturated heterocycles. The Labute approximate surface area is 96.1 Å². The molecule has 0 saturated carbocycles. The molecule has 1 N–H and O–H groups in total. The largest absolute Gasteiger partial charge is 0.235 e. The first-order chi connectivity index (χ1) is 5.61. The summed E-state index contributed by atoms with van der Waals surface area (Å²) in [6, 6.07) is 5.48. The van der Waals surface area contributed by atoms with E-state index in [1.807, 2.05) is 63.4 Å². The molecule has 12 heavy (non-hydrogen) atoms. The van der Waals surface area contributed by atoms with Gasteiger partial charge >= 0.3 is 0 Å². The number of nitrogens with zero attached hydrogens (tertiary/aromatic N) is 1. The van der Waals surface area contributed by atoms with Gasteiger partial charge in [0.25, 0.3) is 0 Å². The number of anilines is 1. The summed E-state index contributed by atoms with van der Waals surface area (Å²) in [5, 5.41) is 9.61. The van der Waals surface area contributed by atoms with Crippen molar-refractivity contribution in [3.63, 3.8) is 0 Å². The number of hydrazine groups is 1. The molecule has 0 aliphatic rings. The number of hydrogen-bond donors (Lipinski definition) is 1. The third-order valence-corrected chi connectivity index (χ3v) is 2.96. The third-order valence-electron chi connectivity index (χ3n) is 1.17. The van der Waals surface area contributed by atoms with Gasteiger partial charge in [0.2, 0.25) is 0 Å². The molecule has 1 rings (SSSR count). The van der Waals surface area contributed by atoms with Crippen LogP contribution in [0.3, 0.4) is 0 Å². The Morgan fingerprint density at radius 1 is 1.33 bits per heavy atom. The predicted octanol–water partition coefficient (Wildman–Crippen LogP) is 2.50. The lowest BCUT2D eigenvalue weighted by Gasteiger charge is -2.02. The van der Waals surface area contributed by atoms with Crippen LogP contribution >= 0.6 is 45.2 Å². The van der Waals surface area contributed by atoms with Crippen molar-refractivity contribution in [2.75, 3.05) is 5.43 Å². The minimum absolute atomic E-state index is 0.556. The molecule has 0 spiro atoms. The first-order valence-electron chi connectivity index (χ1n) is 2.96. The fourth-order valence-corrected chi connectivity index (χ4v) is 2.45. The van der Waals surface area contributed by atoms with Crippen molar-refractivity contribution in [3.8, 4) is 0 Å². The zero-order chi connectivity index (χ0) is 9.14. The van der Waals surface area contributed by atoms with Crippen molar-refractivity contribution in [1.82, 2.24) is 0 Å². The molecule has 0 aromatic heterocycles. The molecule has 0 aliphatic carbocycles. The number of rotatable bonds is 2. The summed E-state index contributed by atoms with van der Waals surface area (Å²) in [5.74, 6) is 0. The van der Waals surface area contributed by atoms with Gasteiger partial charge in [-0.15, -0.1) is 5.43 Å². The standard InChI is InChI=1S/C6H4I2N2O2/c7-4-2-1-3-5(8)6(4)9-10(11)12/h1-3,9H. The average Bonchev–Trinajstić information content (AvgIpc) is 1.97. The minimum atomic E-state index is -0.556. The number of nitro groups is 1. The number of nitrogens with one attached hydrogen (secondary N) is 1. The Bertz CT molecular complexity index is 296. The van der Waals surface area contributed by atoms with E-state index in [9.17, 15) is 10.1 Å². The molecule has 0 radical (unpaired) electrons. The summed E-state index contributed by atoms with van der Waals surface area (Å²) >= 11 is 4.10. The van der Waals surface area contributed by atoms with Crippen LogP contribution in [0.25, 0.3) is 0 Å². The van der Waals surface area contributed by atoms with Crippen LogP contribution in [0.1, 0.15) is 0 Å². The van der Waals surface area contributed by atoms with Crippen molar-refractivity contribution < 1.29 is 5.03 Å². The van der Waals surface area contributed by atoms with E-state index in [0.29, 0.717) is 5.69 Å². The number of hydrogen-bond acceptors (Lipinski definition) is 2. The molecular formula is C6H4I2N2O2. The Morgan fingerprint density at radius 2 is 1.83 bits per heavy atom. The minimum Gasteiger partial charge on any atom is -0.235 e. The summed E-state index contributed by atoms with van der Waals surface area (Å²) in [6.45, 7) is 0. The van der Waals surface area contributed by atoms with Gasteiger partial charge in [-0.05, 0) is 57.3 Å². The molecule has 1 aromatic rings. The quantitative estimate of drug-likeness (QED) is 0.480. The molecule has 0 fully saturated rings. The van der Waals surface area contributed by atoms with Crippen molar-refractivity contribution >= 4 is 50.9 Å². The first kappa shape index (κ1) is 9.96. The van der Waals surface area contributed by atoms with E-state index in [4.69, 9.17) is 0 Å². The average molecular weight is 390 g/mol. The van der Waals surface area contributed by atoms with E-state index >= 15 is 0 Å². The Morgan fingerprint density at radius 3 is 2.25 bits per heavy atom. The maximum Gasteiger partial charge on any atom is 0.162 e. The highest BCUT2D eigenvalue weighted by molar-refractivity contribution is 14.1. The van der Waals surface area contributed by atoms with E-state index < -0.39 is 5.03 Å². The normalized spacial score (nSPS) is 9.50. The zero-order valence-electron chi connectivity index (χ0n) is 5.75. The molecule has 0 amide bonds. The summed E-state index contributed by atoms with van der Waals surface area (Å²) in [6.07, 6.45) is 0. The van der Waals surface area contributed by atoms with Crippen LogP contribution in [0.4, 0.5) is 5.69 Å². The molecular weight excluding hydrogens is 386 g/mol. The van der Waals surface area contributed by atoms with Gasteiger partial charge in [-0.1, -0.05) is 6.07 Å². The SMILES string of the molecule is O=[N+]([O-])Nc1c(I)cccc1I. The maximum absolute atomic E-state index is 10.2. The van der Waals surface area contributed by atoms with Gasteiger partial charge in [0.1, 0.15) is 5.69 Å². The zero-order valence-corrected chi connectivity index (χ0v) is 10.1. The first-order valence-corrected chi connectivity index (χ1v) is 5.12. The summed E-state index contributed by atoms with van der Waals surface area (Å²) in [5.41, 5.74) is 2.71. The van der Waals surface area contributed by atoms with Crippen LogP contribution in [0.5, 0.6) is 0 Å². The topological polar surface area (TPSA) is 55.2 Å². The molecule has 0 heterocycles. The van der Waals surface area contributed by atoms with E-state index in [2.05, 4.69) is 5.43 Å². The molecule has 64 valence electrons. The molecule has 0 aliphatic heterocycles. The molecule has 6 heteroatoms. The van der Waals surface area contributed by atoms with Gasteiger partial charge in [0.15, 0.2) is 5.03 Å².